The van der Waals surface area contributed by atoms with Crippen LogP contribution in [0.3, 0.4) is 0 Å². The van der Waals surface area contributed by atoms with Crippen molar-refractivity contribution in [3.8, 4) is 0 Å². The Hall–Kier alpha value is -2.06. The molecule has 0 aliphatic rings. The van der Waals surface area contributed by atoms with E-state index < -0.39 is 16.8 Å². The molecule has 24 heavy (non-hydrogen) atoms. The summed E-state index contributed by atoms with van der Waals surface area (Å²) in [4.78, 5) is 30.0. The van der Waals surface area contributed by atoms with E-state index in [9.17, 15) is 13.8 Å². The third-order valence-electron chi connectivity index (χ3n) is 3.24. The molecule has 1 unspecified atom stereocenters. The maximum Gasteiger partial charge on any atom is 0.338 e. The van der Waals surface area contributed by atoms with Crippen LogP contribution in [0.15, 0.2) is 34.5 Å². The molecule has 0 aliphatic carbocycles. The van der Waals surface area contributed by atoms with Gasteiger partial charge in [-0.3, -0.25) is 13.9 Å². The Morgan fingerprint density at radius 2 is 1.96 bits per heavy atom. The zero-order chi connectivity index (χ0) is 17.7. The summed E-state index contributed by atoms with van der Waals surface area (Å²) < 4.78 is 16.6. The highest BCUT2D eigenvalue weighted by Crippen LogP contribution is 2.21. The maximum absolute atomic E-state index is 12.0. The molecule has 1 heterocycles. The molecule has 6 nitrogen and oxygen atoms in total. The van der Waals surface area contributed by atoms with E-state index in [1.165, 1.54) is 18.3 Å². The van der Waals surface area contributed by atoms with E-state index in [1.54, 1.807) is 40.8 Å². The standard InChI is InChI=1S/C16H18N2O4S2/c1-4-18(11(2)19)16-17-13(10-23-16)9-22-15(20)12-5-7-14(8-6-12)24(3)21/h5-8,10H,4,9H2,1-3H3. The molecule has 0 bridgehead atoms. The zero-order valence-corrected chi connectivity index (χ0v) is 15.3. The Labute approximate surface area is 146 Å². The number of esters is 1. The second-order valence-corrected chi connectivity index (χ2v) is 7.16. The fourth-order valence-electron chi connectivity index (χ4n) is 1.98. The topological polar surface area (TPSA) is 76.6 Å². The molecule has 1 atom stereocenters. The van der Waals surface area contributed by atoms with Crippen molar-refractivity contribution in [3.05, 3.63) is 40.9 Å². The zero-order valence-electron chi connectivity index (χ0n) is 13.6. The molecule has 0 saturated heterocycles. The van der Waals surface area contributed by atoms with Gasteiger partial charge in [0.05, 0.1) is 11.3 Å². The molecule has 1 aromatic carbocycles. The number of hydrogen-bond acceptors (Lipinski definition) is 6. The quantitative estimate of drug-likeness (QED) is 0.735. The Bertz CT molecular complexity index is 756. The van der Waals surface area contributed by atoms with Gasteiger partial charge in [0, 0.05) is 40.8 Å². The van der Waals surface area contributed by atoms with E-state index in [-0.39, 0.29) is 12.5 Å². The van der Waals surface area contributed by atoms with Crippen LogP contribution >= 0.6 is 11.3 Å². The van der Waals surface area contributed by atoms with Crippen LogP contribution in [-0.2, 0) is 26.9 Å². The molecule has 8 heteroatoms. The van der Waals surface area contributed by atoms with Gasteiger partial charge in [-0.1, -0.05) is 0 Å². The van der Waals surface area contributed by atoms with E-state index in [4.69, 9.17) is 4.74 Å². The molecular formula is C16H18N2O4S2. The summed E-state index contributed by atoms with van der Waals surface area (Å²) in [6.45, 7) is 3.92. The van der Waals surface area contributed by atoms with Gasteiger partial charge in [0.1, 0.15) is 6.61 Å². The van der Waals surface area contributed by atoms with Crippen molar-refractivity contribution in [2.24, 2.45) is 0 Å². The van der Waals surface area contributed by atoms with Crippen LogP contribution in [0.25, 0.3) is 0 Å². The summed E-state index contributed by atoms with van der Waals surface area (Å²) in [6, 6.07) is 6.44. The number of amides is 1. The number of rotatable bonds is 6. The molecule has 2 aromatic rings. The SMILES string of the molecule is CCN(C(C)=O)c1nc(COC(=O)c2ccc(S(C)=O)cc2)cs1. The van der Waals surface area contributed by atoms with Gasteiger partial charge in [-0.25, -0.2) is 9.78 Å². The van der Waals surface area contributed by atoms with E-state index in [1.807, 2.05) is 6.92 Å². The fourth-order valence-corrected chi connectivity index (χ4v) is 3.42. The first kappa shape index (κ1) is 18.3. The van der Waals surface area contributed by atoms with Crippen molar-refractivity contribution in [1.29, 1.82) is 0 Å². The summed E-state index contributed by atoms with van der Waals surface area (Å²) in [5.74, 6) is -0.555. The minimum Gasteiger partial charge on any atom is -0.456 e. The van der Waals surface area contributed by atoms with Gasteiger partial charge >= 0.3 is 5.97 Å². The molecule has 0 saturated carbocycles. The Morgan fingerprint density at radius 1 is 1.29 bits per heavy atom. The second kappa shape index (κ2) is 8.16. The summed E-state index contributed by atoms with van der Waals surface area (Å²) in [5, 5.41) is 2.35. The van der Waals surface area contributed by atoms with Gasteiger partial charge in [-0.15, -0.1) is 11.3 Å². The highest BCUT2D eigenvalue weighted by atomic mass is 32.2. The minimum absolute atomic E-state index is 0.0340. The Balaban J connectivity index is 1.98. The largest absolute Gasteiger partial charge is 0.456 e. The number of anilines is 1. The fraction of sp³-hybridized carbons (Fsp3) is 0.312. The van der Waals surface area contributed by atoms with Gasteiger partial charge < -0.3 is 4.74 Å². The van der Waals surface area contributed by atoms with E-state index in [0.717, 1.165) is 0 Å². The smallest absolute Gasteiger partial charge is 0.338 e. The molecule has 2 rings (SSSR count). The van der Waals surface area contributed by atoms with Crippen LogP contribution in [0.1, 0.15) is 29.9 Å². The number of nitrogens with zero attached hydrogens (tertiary/aromatic N) is 2. The van der Waals surface area contributed by atoms with Crippen molar-refractivity contribution >= 4 is 39.1 Å². The van der Waals surface area contributed by atoms with E-state index >= 15 is 0 Å². The summed E-state index contributed by atoms with van der Waals surface area (Å²) >= 11 is 1.33. The highest BCUT2D eigenvalue weighted by molar-refractivity contribution is 7.84. The maximum atomic E-state index is 12.0. The second-order valence-electron chi connectivity index (χ2n) is 4.94. The van der Waals surface area contributed by atoms with Crippen molar-refractivity contribution < 1.29 is 18.5 Å². The lowest BCUT2D eigenvalue weighted by Gasteiger charge is -2.14. The van der Waals surface area contributed by atoms with Crippen LogP contribution in [0, 0.1) is 0 Å². The monoisotopic (exact) mass is 366 g/mol. The summed E-state index contributed by atoms with van der Waals surface area (Å²) in [5.41, 5.74) is 0.980. The predicted molar refractivity (Wildman–Crippen MR) is 93.7 cm³/mol. The number of aromatic nitrogens is 1. The summed E-state index contributed by atoms with van der Waals surface area (Å²) in [7, 11) is -1.08. The lowest BCUT2D eigenvalue weighted by molar-refractivity contribution is -0.116. The molecule has 128 valence electrons. The minimum atomic E-state index is -1.08. The van der Waals surface area contributed by atoms with Crippen LogP contribution in [0.4, 0.5) is 5.13 Å². The molecule has 1 amide bonds. The third-order valence-corrected chi connectivity index (χ3v) is 5.09. The predicted octanol–water partition coefficient (Wildman–Crippen LogP) is 2.61. The van der Waals surface area contributed by atoms with Crippen molar-refractivity contribution in [2.75, 3.05) is 17.7 Å². The van der Waals surface area contributed by atoms with Gasteiger partial charge in [0.25, 0.3) is 0 Å². The van der Waals surface area contributed by atoms with Crippen LogP contribution < -0.4 is 4.90 Å². The first-order valence-electron chi connectivity index (χ1n) is 7.25. The number of carbonyl (C=O) groups is 2. The first-order chi connectivity index (χ1) is 11.4. The average molecular weight is 366 g/mol. The molecule has 0 aliphatic heterocycles. The number of benzene rings is 1. The number of thiazole rings is 1. The van der Waals surface area contributed by atoms with Gasteiger partial charge in [-0.05, 0) is 31.2 Å². The Kier molecular flexibility index (Phi) is 6.22. The van der Waals surface area contributed by atoms with Crippen molar-refractivity contribution in [2.45, 2.75) is 25.3 Å². The van der Waals surface area contributed by atoms with E-state index in [0.29, 0.717) is 27.8 Å². The normalized spacial score (nSPS) is 11.8. The van der Waals surface area contributed by atoms with Crippen LogP contribution in [0.2, 0.25) is 0 Å². The average Bonchev–Trinajstić information content (AvgIpc) is 3.01. The van der Waals surface area contributed by atoms with Crippen LogP contribution in [-0.4, -0.2) is 33.9 Å². The lowest BCUT2D eigenvalue weighted by atomic mass is 10.2. The molecular weight excluding hydrogens is 348 g/mol. The van der Waals surface area contributed by atoms with E-state index in [2.05, 4.69) is 4.98 Å². The van der Waals surface area contributed by atoms with Crippen LogP contribution in [0.5, 0.6) is 0 Å². The first-order valence-corrected chi connectivity index (χ1v) is 9.69. The molecule has 0 spiro atoms. The van der Waals surface area contributed by atoms with Gasteiger partial charge in [0.2, 0.25) is 5.91 Å². The van der Waals surface area contributed by atoms with Gasteiger partial charge in [-0.2, -0.15) is 0 Å². The number of hydrogen-bond donors (Lipinski definition) is 0. The van der Waals surface area contributed by atoms with Crippen molar-refractivity contribution in [3.63, 3.8) is 0 Å². The Morgan fingerprint density at radius 3 is 2.50 bits per heavy atom. The highest BCUT2D eigenvalue weighted by Gasteiger charge is 2.14. The van der Waals surface area contributed by atoms with Crippen molar-refractivity contribution in [1.82, 2.24) is 4.98 Å². The van der Waals surface area contributed by atoms with Gasteiger partial charge in [0.15, 0.2) is 5.13 Å². The summed E-state index contributed by atoms with van der Waals surface area (Å²) in [6.07, 6.45) is 1.58. The molecule has 0 radical (unpaired) electrons. The number of carbonyl (C=O) groups excluding carboxylic acids is 2. The lowest BCUT2D eigenvalue weighted by Crippen LogP contribution is -2.27. The molecule has 0 fully saturated rings. The molecule has 0 N–H and O–H groups in total. The molecule has 1 aromatic heterocycles. The number of ether oxygens (including phenoxy) is 1. The third kappa shape index (κ3) is 4.48.